The van der Waals surface area contributed by atoms with Crippen molar-refractivity contribution in [3.8, 4) is 6.07 Å². The van der Waals surface area contributed by atoms with Crippen LogP contribution in [0, 0.1) is 25.2 Å². The van der Waals surface area contributed by atoms with E-state index in [4.69, 9.17) is 5.26 Å². The molecule has 1 aromatic carbocycles. The molecule has 0 radical (unpaired) electrons. The maximum absolute atomic E-state index is 12.3. The Bertz CT molecular complexity index is 487. The van der Waals surface area contributed by atoms with E-state index in [0.717, 1.165) is 18.4 Å². The molecule has 1 aromatic rings. The smallest absolute Gasteiger partial charge is 0.254 e. The number of carbonyl (C=O) groups is 1. The first-order valence-electron chi connectivity index (χ1n) is 5.91. The average Bonchev–Trinajstić information content (AvgIpc) is 2.80. The Balaban J connectivity index is 2.25. The van der Waals surface area contributed by atoms with Crippen LogP contribution >= 0.6 is 0 Å². The highest BCUT2D eigenvalue weighted by Crippen LogP contribution is 2.20. The summed E-state index contributed by atoms with van der Waals surface area (Å²) >= 11 is 0. The molecule has 1 saturated heterocycles. The van der Waals surface area contributed by atoms with Crippen molar-refractivity contribution in [1.82, 2.24) is 4.90 Å². The van der Waals surface area contributed by atoms with Crippen molar-refractivity contribution < 1.29 is 4.79 Å². The molecular formula is C14H16N2O. The molecule has 0 aromatic heterocycles. The maximum Gasteiger partial charge on any atom is 0.254 e. The van der Waals surface area contributed by atoms with Crippen LogP contribution in [-0.4, -0.2) is 23.4 Å². The minimum atomic E-state index is -0.246. The third-order valence-corrected chi connectivity index (χ3v) is 3.42. The fourth-order valence-electron chi connectivity index (χ4n) is 2.18. The number of amides is 1. The molecule has 88 valence electrons. The number of benzene rings is 1. The average molecular weight is 228 g/mol. The Kier molecular flexibility index (Phi) is 3.14. The topological polar surface area (TPSA) is 44.1 Å². The first-order valence-corrected chi connectivity index (χ1v) is 5.91. The van der Waals surface area contributed by atoms with E-state index >= 15 is 0 Å². The predicted octanol–water partition coefficient (Wildman–Crippen LogP) is 2.43. The summed E-state index contributed by atoms with van der Waals surface area (Å²) in [6, 6.07) is 7.66. The Morgan fingerprint density at radius 2 is 2.18 bits per heavy atom. The van der Waals surface area contributed by atoms with Gasteiger partial charge in [-0.1, -0.05) is 6.07 Å². The number of nitrogens with zero attached hydrogens (tertiary/aromatic N) is 2. The van der Waals surface area contributed by atoms with Crippen molar-refractivity contribution in [3.63, 3.8) is 0 Å². The van der Waals surface area contributed by atoms with Gasteiger partial charge in [0.25, 0.3) is 5.91 Å². The molecule has 1 unspecified atom stereocenters. The number of carbonyl (C=O) groups excluding carboxylic acids is 1. The number of aryl methyl sites for hydroxylation is 2. The number of rotatable bonds is 1. The van der Waals surface area contributed by atoms with Gasteiger partial charge in [0.15, 0.2) is 0 Å². The van der Waals surface area contributed by atoms with Crippen molar-refractivity contribution in [2.24, 2.45) is 0 Å². The van der Waals surface area contributed by atoms with Crippen molar-refractivity contribution in [2.75, 3.05) is 6.54 Å². The lowest BCUT2D eigenvalue weighted by Gasteiger charge is -2.19. The quantitative estimate of drug-likeness (QED) is 0.741. The second kappa shape index (κ2) is 4.58. The summed E-state index contributed by atoms with van der Waals surface area (Å²) in [7, 11) is 0. The molecule has 0 saturated carbocycles. The zero-order valence-corrected chi connectivity index (χ0v) is 10.2. The third-order valence-electron chi connectivity index (χ3n) is 3.42. The van der Waals surface area contributed by atoms with Crippen LogP contribution in [0.4, 0.5) is 0 Å². The van der Waals surface area contributed by atoms with E-state index in [1.165, 1.54) is 5.56 Å². The van der Waals surface area contributed by atoms with Gasteiger partial charge in [0.05, 0.1) is 6.07 Å². The monoisotopic (exact) mass is 228 g/mol. The molecule has 1 amide bonds. The van der Waals surface area contributed by atoms with Gasteiger partial charge in [-0.05, 0) is 49.9 Å². The maximum atomic E-state index is 12.3. The second-order valence-electron chi connectivity index (χ2n) is 4.58. The molecule has 1 aliphatic rings. The molecule has 0 N–H and O–H groups in total. The van der Waals surface area contributed by atoms with Gasteiger partial charge in [-0.3, -0.25) is 4.79 Å². The first kappa shape index (κ1) is 11.7. The van der Waals surface area contributed by atoms with Crippen LogP contribution in [0.1, 0.15) is 34.3 Å². The van der Waals surface area contributed by atoms with E-state index in [1.54, 1.807) is 4.90 Å². The SMILES string of the molecule is Cc1ccc(C(=O)N2CCCC2C#N)cc1C. The Hall–Kier alpha value is -1.82. The largest absolute Gasteiger partial charge is 0.323 e. The molecule has 1 heterocycles. The van der Waals surface area contributed by atoms with Crippen LogP contribution in [0.2, 0.25) is 0 Å². The molecule has 2 rings (SSSR count). The molecular weight excluding hydrogens is 212 g/mol. The van der Waals surface area contributed by atoms with Gasteiger partial charge in [-0.2, -0.15) is 5.26 Å². The lowest BCUT2D eigenvalue weighted by atomic mass is 10.1. The van der Waals surface area contributed by atoms with E-state index in [0.29, 0.717) is 12.1 Å². The molecule has 1 fully saturated rings. The molecule has 3 heteroatoms. The molecule has 0 aliphatic carbocycles. The summed E-state index contributed by atoms with van der Waals surface area (Å²) in [5, 5.41) is 8.99. The lowest BCUT2D eigenvalue weighted by Crippen LogP contribution is -2.34. The summed E-state index contributed by atoms with van der Waals surface area (Å²) in [4.78, 5) is 13.9. The summed E-state index contributed by atoms with van der Waals surface area (Å²) in [5.41, 5.74) is 2.98. The van der Waals surface area contributed by atoms with Crippen LogP contribution in [0.15, 0.2) is 18.2 Å². The number of hydrogen-bond donors (Lipinski definition) is 0. The third kappa shape index (κ3) is 2.16. The standard InChI is InChI=1S/C14H16N2O/c1-10-5-6-12(8-11(10)2)14(17)16-7-3-4-13(16)9-15/h5-6,8,13H,3-4,7H2,1-2H3. The molecule has 17 heavy (non-hydrogen) atoms. The van der Waals surface area contributed by atoms with E-state index < -0.39 is 0 Å². The summed E-state index contributed by atoms with van der Waals surface area (Å²) in [6.45, 7) is 4.72. The highest BCUT2D eigenvalue weighted by molar-refractivity contribution is 5.95. The highest BCUT2D eigenvalue weighted by atomic mass is 16.2. The van der Waals surface area contributed by atoms with Crippen LogP contribution < -0.4 is 0 Å². The number of nitriles is 1. The number of likely N-dealkylation sites (tertiary alicyclic amines) is 1. The minimum Gasteiger partial charge on any atom is -0.323 e. The van der Waals surface area contributed by atoms with Gasteiger partial charge >= 0.3 is 0 Å². The number of hydrogen-bond acceptors (Lipinski definition) is 2. The molecule has 1 aliphatic heterocycles. The van der Waals surface area contributed by atoms with Gasteiger partial charge in [0.2, 0.25) is 0 Å². The van der Waals surface area contributed by atoms with E-state index in [9.17, 15) is 4.79 Å². The van der Waals surface area contributed by atoms with Gasteiger partial charge < -0.3 is 4.90 Å². The molecule has 0 bridgehead atoms. The second-order valence-corrected chi connectivity index (χ2v) is 4.58. The summed E-state index contributed by atoms with van der Waals surface area (Å²) < 4.78 is 0. The molecule has 3 nitrogen and oxygen atoms in total. The van der Waals surface area contributed by atoms with Crippen LogP contribution in [-0.2, 0) is 0 Å². The minimum absolute atomic E-state index is 0.0165. The highest BCUT2D eigenvalue weighted by Gasteiger charge is 2.29. The van der Waals surface area contributed by atoms with Crippen molar-refractivity contribution in [3.05, 3.63) is 34.9 Å². The zero-order chi connectivity index (χ0) is 12.4. The van der Waals surface area contributed by atoms with Crippen LogP contribution in [0.25, 0.3) is 0 Å². The van der Waals surface area contributed by atoms with Crippen LogP contribution in [0.5, 0.6) is 0 Å². The normalized spacial score (nSPS) is 19.1. The predicted molar refractivity (Wildman–Crippen MR) is 65.6 cm³/mol. The van der Waals surface area contributed by atoms with Gasteiger partial charge in [-0.25, -0.2) is 0 Å². The van der Waals surface area contributed by atoms with Crippen molar-refractivity contribution >= 4 is 5.91 Å². The Morgan fingerprint density at radius 3 is 2.82 bits per heavy atom. The van der Waals surface area contributed by atoms with Gasteiger partial charge in [0.1, 0.15) is 6.04 Å². The summed E-state index contributed by atoms with van der Waals surface area (Å²) in [5.74, 6) is -0.0165. The Labute approximate surface area is 102 Å². The molecule has 1 atom stereocenters. The van der Waals surface area contributed by atoms with Crippen molar-refractivity contribution in [1.29, 1.82) is 5.26 Å². The van der Waals surface area contributed by atoms with Crippen LogP contribution in [0.3, 0.4) is 0 Å². The fourth-order valence-corrected chi connectivity index (χ4v) is 2.18. The Morgan fingerprint density at radius 1 is 1.41 bits per heavy atom. The summed E-state index contributed by atoms with van der Waals surface area (Å²) in [6.07, 6.45) is 1.72. The fraction of sp³-hybridized carbons (Fsp3) is 0.429. The van der Waals surface area contributed by atoms with E-state index in [2.05, 4.69) is 6.07 Å². The van der Waals surface area contributed by atoms with E-state index in [1.807, 2.05) is 32.0 Å². The molecule has 0 spiro atoms. The first-order chi connectivity index (χ1) is 8.13. The zero-order valence-electron chi connectivity index (χ0n) is 10.2. The lowest BCUT2D eigenvalue weighted by molar-refractivity contribution is 0.0765. The van der Waals surface area contributed by atoms with Gasteiger partial charge in [-0.15, -0.1) is 0 Å². The van der Waals surface area contributed by atoms with Crippen molar-refractivity contribution in [2.45, 2.75) is 32.7 Å². The van der Waals surface area contributed by atoms with E-state index in [-0.39, 0.29) is 11.9 Å². The van der Waals surface area contributed by atoms with Gasteiger partial charge in [0, 0.05) is 12.1 Å².